The number of amides is 1. The highest BCUT2D eigenvalue weighted by molar-refractivity contribution is 5.95. The maximum absolute atomic E-state index is 13.8. The Kier molecular flexibility index (Phi) is 4.72. The minimum Gasteiger partial charge on any atom is -0.503 e. The number of carbonyl (C=O) groups excluding carboxylic acids is 1. The molecular formula is C14H17F3N2O2. The predicted octanol–water partition coefficient (Wildman–Crippen LogP) is 2.15. The van der Waals surface area contributed by atoms with Crippen molar-refractivity contribution < 1.29 is 23.1 Å². The molecule has 1 atom stereocenters. The van der Waals surface area contributed by atoms with Gasteiger partial charge in [0.05, 0.1) is 5.56 Å². The molecule has 4 nitrogen and oxygen atoms in total. The molecule has 1 aliphatic rings. The molecule has 0 bridgehead atoms. The molecule has 1 aromatic carbocycles. The molecule has 1 saturated heterocycles. The Hall–Kier alpha value is -1.76. The molecule has 0 saturated carbocycles. The summed E-state index contributed by atoms with van der Waals surface area (Å²) in [6.45, 7) is 0.586. The number of carbonyl (C=O) groups is 1. The van der Waals surface area contributed by atoms with Gasteiger partial charge in [0.1, 0.15) is 0 Å². The monoisotopic (exact) mass is 302 g/mol. The first-order valence-electron chi connectivity index (χ1n) is 6.84. The lowest BCUT2D eigenvalue weighted by atomic mass is 10.1. The Bertz CT molecular complexity index is 552. The number of nitrogens with two attached hydrogens (primary N) is 1. The summed E-state index contributed by atoms with van der Waals surface area (Å²) in [5.74, 6) is -6.86. The van der Waals surface area contributed by atoms with E-state index in [1.807, 2.05) is 0 Å². The van der Waals surface area contributed by atoms with Gasteiger partial charge in [0.25, 0.3) is 5.91 Å². The van der Waals surface area contributed by atoms with Gasteiger partial charge in [-0.25, -0.2) is 8.78 Å². The Morgan fingerprint density at radius 2 is 2.00 bits per heavy atom. The van der Waals surface area contributed by atoms with Gasteiger partial charge in [-0.2, -0.15) is 4.39 Å². The van der Waals surface area contributed by atoms with E-state index in [4.69, 9.17) is 5.73 Å². The van der Waals surface area contributed by atoms with Crippen molar-refractivity contribution in [3.8, 4) is 5.75 Å². The van der Waals surface area contributed by atoms with Gasteiger partial charge in [-0.05, 0) is 18.9 Å². The molecule has 21 heavy (non-hydrogen) atoms. The maximum Gasteiger partial charge on any atom is 0.257 e. The Labute approximate surface area is 120 Å². The van der Waals surface area contributed by atoms with Gasteiger partial charge in [0.2, 0.25) is 5.82 Å². The van der Waals surface area contributed by atoms with Gasteiger partial charge in [0.15, 0.2) is 17.4 Å². The van der Waals surface area contributed by atoms with Crippen LogP contribution in [-0.4, -0.2) is 35.0 Å². The van der Waals surface area contributed by atoms with Crippen LogP contribution in [0.1, 0.15) is 36.0 Å². The Morgan fingerprint density at radius 1 is 1.29 bits per heavy atom. The lowest BCUT2D eigenvalue weighted by Gasteiger charge is -2.29. The van der Waals surface area contributed by atoms with Crippen LogP contribution in [0.25, 0.3) is 0 Å². The summed E-state index contributed by atoms with van der Waals surface area (Å²) in [7, 11) is 0. The molecule has 1 aliphatic heterocycles. The van der Waals surface area contributed by atoms with Gasteiger partial charge in [-0.1, -0.05) is 12.8 Å². The fourth-order valence-electron chi connectivity index (χ4n) is 2.59. The van der Waals surface area contributed by atoms with Crippen molar-refractivity contribution in [3.63, 3.8) is 0 Å². The molecule has 116 valence electrons. The standard InChI is InChI=1S/C14H17F3N2O2/c15-10-6-9(11(16)13(20)12(10)17)14(21)19-5-3-1-2-4-8(19)7-18/h6,8,20H,1-5,7,18H2. The first-order valence-corrected chi connectivity index (χ1v) is 6.84. The molecule has 1 aromatic rings. The van der Waals surface area contributed by atoms with Crippen LogP contribution in [0.4, 0.5) is 13.2 Å². The van der Waals surface area contributed by atoms with Gasteiger partial charge in [-0.3, -0.25) is 4.79 Å². The third kappa shape index (κ3) is 2.97. The van der Waals surface area contributed by atoms with Crippen LogP contribution in [-0.2, 0) is 0 Å². The summed E-state index contributed by atoms with van der Waals surface area (Å²) in [6.07, 6.45) is 3.24. The summed E-state index contributed by atoms with van der Waals surface area (Å²) in [5, 5.41) is 9.21. The summed E-state index contributed by atoms with van der Waals surface area (Å²) >= 11 is 0. The SMILES string of the molecule is NCC1CCCCCN1C(=O)c1cc(F)c(F)c(O)c1F. The average Bonchev–Trinajstić information content (AvgIpc) is 2.73. The van der Waals surface area contributed by atoms with Crippen molar-refractivity contribution in [1.82, 2.24) is 4.90 Å². The molecule has 2 rings (SSSR count). The minimum absolute atomic E-state index is 0.211. The van der Waals surface area contributed by atoms with E-state index >= 15 is 0 Å². The zero-order valence-electron chi connectivity index (χ0n) is 11.4. The number of hydrogen-bond donors (Lipinski definition) is 2. The normalized spacial score (nSPS) is 19.4. The molecule has 0 radical (unpaired) electrons. The third-order valence-electron chi connectivity index (χ3n) is 3.77. The Balaban J connectivity index is 2.38. The summed E-state index contributed by atoms with van der Waals surface area (Å²) in [6, 6.07) is 0.209. The van der Waals surface area contributed by atoms with Crippen LogP contribution in [0.5, 0.6) is 5.75 Å². The fraction of sp³-hybridized carbons (Fsp3) is 0.500. The minimum atomic E-state index is -1.70. The lowest BCUT2D eigenvalue weighted by molar-refractivity contribution is 0.0682. The second-order valence-corrected chi connectivity index (χ2v) is 5.12. The number of benzene rings is 1. The molecule has 1 amide bonds. The van der Waals surface area contributed by atoms with Crippen molar-refractivity contribution in [3.05, 3.63) is 29.1 Å². The molecular weight excluding hydrogens is 285 g/mol. The number of rotatable bonds is 2. The second kappa shape index (κ2) is 6.34. The van der Waals surface area contributed by atoms with Crippen molar-refractivity contribution >= 4 is 5.91 Å². The highest BCUT2D eigenvalue weighted by atomic mass is 19.2. The van der Waals surface area contributed by atoms with Crippen LogP contribution < -0.4 is 5.73 Å². The molecule has 0 aliphatic carbocycles. The van der Waals surface area contributed by atoms with Crippen molar-refractivity contribution in [2.24, 2.45) is 5.73 Å². The van der Waals surface area contributed by atoms with E-state index in [1.54, 1.807) is 0 Å². The first kappa shape index (κ1) is 15.6. The molecule has 3 N–H and O–H groups in total. The van der Waals surface area contributed by atoms with Gasteiger partial charge >= 0.3 is 0 Å². The van der Waals surface area contributed by atoms with Crippen molar-refractivity contribution in [2.75, 3.05) is 13.1 Å². The average molecular weight is 302 g/mol. The smallest absolute Gasteiger partial charge is 0.257 e. The highest BCUT2D eigenvalue weighted by Crippen LogP contribution is 2.28. The molecule has 1 heterocycles. The Morgan fingerprint density at radius 3 is 2.67 bits per heavy atom. The van der Waals surface area contributed by atoms with E-state index in [-0.39, 0.29) is 12.6 Å². The number of nitrogens with zero attached hydrogens (tertiary/aromatic N) is 1. The summed E-state index contributed by atoms with van der Waals surface area (Å²) in [4.78, 5) is 13.8. The predicted molar refractivity (Wildman–Crippen MR) is 70.3 cm³/mol. The van der Waals surface area contributed by atoms with Crippen molar-refractivity contribution in [2.45, 2.75) is 31.7 Å². The van der Waals surface area contributed by atoms with E-state index in [0.29, 0.717) is 19.0 Å². The van der Waals surface area contributed by atoms with Crippen LogP contribution in [0.3, 0.4) is 0 Å². The number of phenolic OH excluding ortho intramolecular Hbond substituents is 1. The second-order valence-electron chi connectivity index (χ2n) is 5.12. The molecule has 1 unspecified atom stereocenters. The maximum atomic E-state index is 13.8. The lowest BCUT2D eigenvalue weighted by Crippen LogP contribution is -2.44. The molecule has 1 fully saturated rings. The zero-order chi connectivity index (χ0) is 15.6. The van der Waals surface area contributed by atoms with E-state index in [0.717, 1.165) is 19.3 Å². The van der Waals surface area contributed by atoms with Crippen LogP contribution >= 0.6 is 0 Å². The molecule has 7 heteroatoms. The quantitative estimate of drug-likeness (QED) is 0.823. The van der Waals surface area contributed by atoms with Gasteiger partial charge in [0, 0.05) is 19.1 Å². The van der Waals surface area contributed by atoms with Crippen LogP contribution in [0.15, 0.2) is 6.07 Å². The van der Waals surface area contributed by atoms with E-state index < -0.39 is 34.7 Å². The summed E-state index contributed by atoms with van der Waals surface area (Å²) in [5.41, 5.74) is 4.96. The highest BCUT2D eigenvalue weighted by Gasteiger charge is 2.30. The number of hydrogen-bond acceptors (Lipinski definition) is 3. The third-order valence-corrected chi connectivity index (χ3v) is 3.77. The van der Waals surface area contributed by atoms with Gasteiger partial charge in [-0.15, -0.1) is 0 Å². The van der Waals surface area contributed by atoms with Crippen LogP contribution in [0, 0.1) is 17.5 Å². The van der Waals surface area contributed by atoms with Crippen LogP contribution in [0.2, 0.25) is 0 Å². The number of phenols is 1. The summed E-state index contributed by atoms with van der Waals surface area (Å²) < 4.78 is 40.2. The topological polar surface area (TPSA) is 66.6 Å². The number of halogens is 3. The van der Waals surface area contributed by atoms with E-state index in [9.17, 15) is 23.1 Å². The van der Waals surface area contributed by atoms with Crippen molar-refractivity contribution in [1.29, 1.82) is 0 Å². The molecule has 0 aromatic heterocycles. The van der Waals surface area contributed by atoms with E-state index in [1.165, 1.54) is 4.90 Å². The van der Waals surface area contributed by atoms with E-state index in [2.05, 4.69) is 0 Å². The number of aromatic hydroxyl groups is 1. The fourth-order valence-corrected chi connectivity index (χ4v) is 2.59. The number of likely N-dealkylation sites (tertiary alicyclic amines) is 1. The zero-order valence-corrected chi connectivity index (χ0v) is 11.4. The first-order chi connectivity index (χ1) is 9.97. The molecule has 0 spiro atoms. The largest absolute Gasteiger partial charge is 0.503 e. The van der Waals surface area contributed by atoms with Gasteiger partial charge < -0.3 is 15.7 Å².